The van der Waals surface area contributed by atoms with Crippen molar-refractivity contribution in [3.63, 3.8) is 0 Å². The van der Waals surface area contributed by atoms with E-state index in [0.29, 0.717) is 16.4 Å². The molecule has 2 heterocycles. The maximum Gasteiger partial charge on any atom is 0.335 e. The summed E-state index contributed by atoms with van der Waals surface area (Å²) in [6.07, 6.45) is 0. The van der Waals surface area contributed by atoms with Crippen LogP contribution in [0, 0.1) is 13.8 Å². The van der Waals surface area contributed by atoms with Crippen molar-refractivity contribution in [2.24, 2.45) is 5.73 Å². The van der Waals surface area contributed by atoms with E-state index < -0.39 is 5.97 Å². The zero-order valence-corrected chi connectivity index (χ0v) is 17.0. The van der Waals surface area contributed by atoms with Gasteiger partial charge >= 0.3 is 5.97 Å². The van der Waals surface area contributed by atoms with Gasteiger partial charge in [-0.05, 0) is 45.2 Å². The van der Waals surface area contributed by atoms with Gasteiger partial charge in [-0.3, -0.25) is 4.79 Å². The van der Waals surface area contributed by atoms with Gasteiger partial charge in [0.05, 0.1) is 5.56 Å². The van der Waals surface area contributed by atoms with Crippen molar-refractivity contribution in [3.05, 3.63) is 57.1 Å². The smallest absolute Gasteiger partial charge is 0.335 e. The van der Waals surface area contributed by atoms with Crippen molar-refractivity contribution in [1.82, 2.24) is 15.3 Å². The summed E-state index contributed by atoms with van der Waals surface area (Å²) in [4.78, 5) is 29.3. The van der Waals surface area contributed by atoms with Gasteiger partial charge in [-0.15, -0.1) is 12.4 Å². The Morgan fingerprint density at radius 1 is 0.963 bits per heavy atom. The lowest BCUT2D eigenvalue weighted by Gasteiger charge is -2.00. The molecule has 0 aliphatic heterocycles. The molecule has 2 aromatic rings. The normalized spacial score (nSPS) is 8.41. The van der Waals surface area contributed by atoms with Crippen LogP contribution in [0.1, 0.15) is 39.5 Å². The zero-order chi connectivity index (χ0) is 19.6. The second kappa shape index (κ2) is 15.2. The van der Waals surface area contributed by atoms with E-state index >= 15 is 0 Å². The third-order valence-electron chi connectivity index (χ3n) is 2.58. The first-order valence-electron chi connectivity index (χ1n) is 7.04. The maximum atomic E-state index is 11.1. The predicted molar refractivity (Wildman–Crippen MR) is 112 cm³/mol. The number of hydrogen-bond acceptors (Lipinski definition) is 5. The van der Waals surface area contributed by atoms with Gasteiger partial charge in [-0.1, -0.05) is 30.6 Å². The van der Waals surface area contributed by atoms with Gasteiger partial charge in [-0.2, -0.15) is 0 Å². The number of aryl methyl sites for hydroxylation is 2. The van der Waals surface area contributed by atoms with E-state index in [1.54, 1.807) is 27.0 Å². The summed E-state index contributed by atoms with van der Waals surface area (Å²) in [7, 11) is 3.08. The van der Waals surface area contributed by atoms with Crippen molar-refractivity contribution in [1.29, 1.82) is 0 Å². The highest BCUT2D eigenvalue weighted by Gasteiger charge is 2.05. The van der Waals surface area contributed by atoms with Gasteiger partial charge in [0.1, 0.15) is 10.3 Å². The van der Waals surface area contributed by atoms with E-state index in [4.69, 9.17) is 28.3 Å². The van der Waals surface area contributed by atoms with Crippen LogP contribution < -0.4 is 11.1 Å². The SMILES string of the molecule is C.CN.CNC(=O)c1cc(C)nc(Cl)c1.Cc1cc(C(=O)O)cc(Cl)n1.Cl. The topological polar surface area (TPSA) is 118 Å². The summed E-state index contributed by atoms with van der Waals surface area (Å²) in [5, 5.41) is 11.6. The van der Waals surface area contributed by atoms with E-state index in [0.717, 1.165) is 5.69 Å². The van der Waals surface area contributed by atoms with Crippen molar-refractivity contribution < 1.29 is 14.7 Å². The lowest BCUT2D eigenvalue weighted by Crippen LogP contribution is -2.17. The number of halogens is 3. The summed E-state index contributed by atoms with van der Waals surface area (Å²) < 4.78 is 0. The number of nitrogens with two attached hydrogens (primary N) is 1. The van der Waals surface area contributed by atoms with E-state index in [2.05, 4.69) is 21.0 Å². The number of nitrogens with zero attached hydrogens (tertiary/aromatic N) is 2. The molecule has 2 rings (SSSR count). The molecule has 27 heavy (non-hydrogen) atoms. The number of nitrogens with one attached hydrogen (secondary N) is 1. The van der Waals surface area contributed by atoms with Gasteiger partial charge < -0.3 is 16.2 Å². The van der Waals surface area contributed by atoms with Crippen LogP contribution in [-0.4, -0.2) is 41.0 Å². The van der Waals surface area contributed by atoms with E-state index in [9.17, 15) is 9.59 Å². The fourth-order valence-corrected chi connectivity index (χ4v) is 2.16. The van der Waals surface area contributed by atoms with Crippen LogP contribution in [0.15, 0.2) is 24.3 Å². The Balaban J connectivity index is -0.000000367. The number of aromatic carboxylic acids is 1. The molecule has 0 bridgehead atoms. The molecule has 0 aliphatic carbocycles. The van der Waals surface area contributed by atoms with Crippen LogP contribution in [0.4, 0.5) is 0 Å². The summed E-state index contributed by atoms with van der Waals surface area (Å²) in [5.74, 6) is -1.14. The van der Waals surface area contributed by atoms with E-state index in [-0.39, 0.29) is 36.5 Å². The standard InChI is InChI=1S/C8H9ClN2O.C7H6ClNO2.CH5N.CH4.ClH/c1-5-3-6(8(12)10-2)4-7(9)11-5;1-4-2-5(7(10)11)3-6(8)9-4;1-2;;/h3-4H,1-2H3,(H,10,12);2-3H,1H3,(H,10,11);2H2,1H3;1H4;1H. The third-order valence-corrected chi connectivity index (χ3v) is 2.97. The number of rotatable bonds is 2. The summed E-state index contributed by atoms with van der Waals surface area (Å²) >= 11 is 11.2. The third kappa shape index (κ3) is 11.4. The molecule has 0 aromatic carbocycles. The molecule has 1 amide bonds. The lowest BCUT2D eigenvalue weighted by molar-refractivity contribution is 0.0696. The molecule has 0 unspecified atom stereocenters. The number of carbonyl (C=O) groups excluding carboxylic acids is 1. The predicted octanol–water partition coefficient (Wildman–Crippen LogP) is 3.78. The Labute approximate surface area is 175 Å². The van der Waals surface area contributed by atoms with E-state index in [1.807, 2.05) is 0 Å². The molecule has 0 aliphatic rings. The first-order chi connectivity index (χ1) is 11.7. The molecule has 7 nitrogen and oxygen atoms in total. The highest BCUT2D eigenvalue weighted by molar-refractivity contribution is 6.30. The average molecular weight is 440 g/mol. The van der Waals surface area contributed by atoms with E-state index in [1.165, 1.54) is 25.2 Å². The molecule has 0 saturated carbocycles. The van der Waals surface area contributed by atoms with Crippen LogP contribution >= 0.6 is 35.6 Å². The first kappa shape index (κ1) is 29.8. The number of aromatic nitrogens is 2. The molecule has 0 radical (unpaired) electrons. The minimum atomic E-state index is -0.989. The molecule has 4 N–H and O–H groups in total. The Hall–Kier alpha value is -1.93. The Morgan fingerprint density at radius 3 is 1.67 bits per heavy atom. The number of carboxylic acid groups (broad SMARTS) is 1. The Morgan fingerprint density at radius 2 is 1.33 bits per heavy atom. The molecule has 0 saturated heterocycles. The fraction of sp³-hybridized carbons (Fsp3) is 0.294. The van der Waals surface area contributed by atoms with Gasteiger partial charge in [0, 0.05) is 24.0 Å². The van der Waals surface area contributed by atoms with Crippen LogP contribution in [0.2, 0.25) is 10.3 Å². The molecule has 0 spiro atoms. The highest BCUT2D eigenvalue weighted by atomic mass is 35.5. The zero-order valence-electron chi connectivity index (χ0n) is 14.7. The molecule has 0 fully saturated rings. The maximum absolute atomic E-state index is 11.1. The van der Waals surface area contributed by atoms with Gasteiger partial charge in [0.25, 0.3) is 5.91 Å². The van der Waals surface area contributed by atoms with Crippen molar-refractivity contribution in [2.45, 2.75) is 21.3 Å². The number of carbonyl (C=O) groups is 2. The Kier molecular flexibility index (Phi) is 16.7. The minimum absolute atomic E-state index is 0. The van der Waals surface area contributed by atoms with Crippen molar-refractivity contribution in [3.8, 4) is 0 Å². The molecule has 2 aromatic heterocycles. The molecule has 10 heteroatoms. The second-order valence-electron chi connectivity index (χ2n) is 4.52. The van der Waals surface area contributed by atoms with Crippen molar-refractivity contribution in [2.75, 3.05) is 14.1 Å². The van der Waals surface area contributed by atoms with Gasteiger partial charge in [-0.25, -0.2) is 14.8 Å². The second-order valence-corrected chi connectivity index (χ2v) is 5.30. The summed E-state index contributed by atoms with van der Waals surface area (Å²) in [5.41, 5.74) is 6.55. The van der Waals surface area contributed by atoms with Gasteiger partial charge in [0.2, 0.25) is 0 Å². The molecular weight excluding hydrogens is 415 g/mol. The van der Waals surface area contributed by atoms with Crippen LogP contribution in [-0.2, 0) is 0 Å². The fourth-order valence-electron chi connectivity index (χ4n) is 1.66. The summed E-state index contributed by atoms with van der Waals surface area (Å²) in [6.45, 7) is 3.48. The van der Waals surface area contributed by atoms with Crippen molar-refractivity contribution >= 4 is 47.5 Å². The molecule has 0 atom stereocenters. The monoisotopic (exact) mass is 438 g/mol. The number of pyridine rings is 2. The van der Waals surface area contributed by atoms with Crippen LogP contribution in [0.5, 0.6) is 0 Å². The highest BCUT2D eigenvalue weighted by Crippen LogP contribution is 2.10. The van der Waals surface area contributed by atoms with Crippen LogP contribution in [0.3, 0.4) is 0 Å². The number of amides is 1. The largest absolute Gasteiger partial charge is 0.478 e. The number of carboxylic acids is 1. The van der Waals surface area contributed by atoms with Gasteiger partial charge in [0.15, 0.2) is 0 Å². The lowest BCUT2D eigenvalue weighted by atomic mass is 10.2. The van der Waals surface area contributed by atoms with Crippen LogP contribution in [0.25, 0.3) is 0 Å². The number of hydrogen-bond donors (Lipinski definition) is 3. The summed E-state index contributed by atoms with van der Waals surface area (Å²) in [6, 6.07) is 6.00. The quantitative estimate of drug-likeness (QED) is 0.613. The minimum Gasteiger partial charge on any atom is -0.478 e. The average Bonchev–Trinajstić information content (AvgIpc) is 2.54. The molecular formula is C17H25Cl3N4O3. The first-order valence-corrected chi connectivity index (χ1v) is 7.80. The molecule has 152 valence electrons. The Bertz CT molecular complexity index is 703.